The molecule has 0 aromatic carbocycles. The smallest absolute Gasteiger partial charge is 0.322 e. The molecule has 1 saturated heterocycles. The molecule has 0 bridgehead atoms. The second-order valence-electron chi connectivity index (χ2n) is 7.28. The lowest BCUT2D eigenvalue weighted by Gasteiger charge is -2.27. The Balaban J connectivity index is 2.61. The summed E-state index contributed by atoms with van der Waals surface area (Å²) in [5.74, 6) is -1.28. The average Bonchev–Trinajstić information content (AvgIpc) is 2.94. The Morgan fingerprint density at radius 3 is 2.19 bits per heavy atom. The van der Waals surface area contributed by atoms with E-state index < -0.39 is 11.4 Å². The predicted molar refractivity (Wildman–Crippen MR) is 78.9 cm³/mol. The van der Waals surface area contributed by atoms with Gasteiger partial charge in [-0.05, 0) is 20.3 Å². The fraction of sp³-hybridized carbons (Fsp3) is 0.800. The van der Waals surface area contributed by atoms with E-state index in [4.69, 9.17) is 5.11 Å². The average molecular weight is 298 g/mol. The minimum absolute atomic E-state index is 0.00309. The van der Waals surface area contributed by atoms with Gasteiger partial charge in [-0.1, -0.05) is 20.8 Å². The first-order chi connectivity index (χ1) is 9.45. The Labute approximate surface area is 125 Å². The molecule has 1 aliphatic heterocycles. The number of carboxylic acid groups (broad SMARTS) is 1. The molecule has 1 fully saturated rings. The summed E-state index contributed by atoms with van der Waals surface area (Å²) in [7, 11) is 0. The van der Waals surface area contributed by atoms with Crippen molar-refractivity contribution in [1.29, 1.82) is 0 Å². The molecule has 2 unspecified atom stereocenters. The van der Waals surface area contributed by atoms with Crippen LogP contribution in [0.1, 0.15) is 47.5 Å². The number of rotatable bonds is 7. The normalized spacial score (nSPS) is 21.5. The Morgan fingerprint density at radius 1 is 1.29 bits per heavy atom. The quantitative estimate of drug-likeness (QED) is 0.686. The topological polar surface area (TPSA) is 86.5 Å². The van der Waals surface area contributed by atoms with Crippen molar-refractivity contribution in [3.63, 3.8) is 0 Å². The molecule has 6 nitrogen and oxygen atoms in total. The minimum Gasteiger partial charge on any atom is -0.480 e. The van der Waals surface area contributed by atoms with E-state index in [9.17, 15) is 14.4 Å². The summed E-state index contributed by atoms with van der Waals surface area (Å²) >= 11 is 0. The molecule has 1 heterocycles. The van der Waals surface area contributed by atoms with E-state index in [1.807, 2.05) is 20.8 Å². The fourth-order valence-corrected chi connectivity index (χ4v) is 2.37. The van der Waals surface area contributed by atoms with Crippen LogP contribution in [0.4, 0.5) is 0 Å². The van der Waals surface area contributed by atoms with Crippen LogP contribution >= 0.6 is 0 Å². The van der Waals surface area contributed by atoms with Crippen LogP contribution < -0.4 is 5.32 Å². The fourth-order valence-electron chi connectivity index (χ4n) is 2.37. The van der Waals surface area contributed by atoms with Gasteiger partial charge < -0.3 is 10.4 Å². The van der Waals surface area contributed by atoms with E-state index >= 15 is 0 Å². The van der Waals surface area contributed by atoms with Crippen LogP contribution in [0.5, 0.6) is 0 Å². The molecule has 0 saturated carbocycles. The number of hydrogen-bond donors (Lipinski definition) is 2. The van der Waals surface area contributed by atoms with E-state index in [-0.39, 0.29) is 36.2 Å². The maximum atomic E-state index is 12.5. The summed E-state index contributed by atoms with van der Waals surface area (Å²) in [5.41, 5.74) is -0.454. The molecule has 2 N–H and O–H groups in total. The van der Waals surface area contributed by atoms with Gasteiger partial charge in [-0.25, -0.2) is 0 Å². The van der Waals surface area contributed by atoms with E-state index in [1.165, 1.54) is 0 Å². The number of carboxylic acids is 1. The SMILES string of the molecule is CC(C)(C)C(=O)C(CCC(=O)NCC(=O)O)N1CC1(C)C. The lowest BCUT2D eigenvalue weighted by Crippen LogP contribution is -2.41. The minimum atomic E-state index is -1.07. The first kappa shape index (κ1) is 17.6. The Kier molecular flexibility index (Phi) is 5.15. The third-order valence-corrected chi connectivity index (χ3v) is 3.73. The molecule has 1 aliphatic rings. The highest BCUT2D eigenvalue weighted by molar-refractivity contribution is 5.90. The highest BCUT2D eigenvalue weighted by Gasteiger charge is 2.50. The number of nitrogens with one attached hydrogen (secondary N) is 1. The number of nitrogens with zero attached hydrogens (tertiary/aromatic N) is 1. The van der Waals surface area contributed by atoms with Crippen LogP contribution in [-0.2, 0) is 14.4 Å². The lowest BCUT2D eigenvalue weighted by atomic mass is 9.84. The van der Waals surface area contributed by atoms with Gasteiger partial charge >= 0.3 is 5.97 Å². The van der Waals surface area contributed by atoms with Gasteiger partial charge in [0, 0.05) is 23.9 Å². The first-order valence-corrected chi connectivity index (χ1v) is 7.25. The van der Waals surface area contributed by atoms with E-state index in [2.05, 4.69) is 24.1 Å². The number of amides is 1. The number of aliphatic carboxylic acids is 1. The zero-order valence-corrected chi connectivity index (χ0v) is 13.5. The second-order valence-corrected chi connectivity index (χ2v) is 7.28. The van der Waals surface area contributed by atoms with Crippen LogP contribution in [0.3, 0.4) is 0 Å². The van der Waals surface area contributed by atoms with Crippen molar-refractivity contribution in [2.24, 2.45) is 5.41 Å². The second kappa shape index (κ2) is 6.13. The van der Waals surface area contributed by atoms with Gasteiger partial charge in [0.15, 0.2) is 5.78 Å². The summed E-state index contributed by atoms with van der Waals surface area (Å²) in [6.45, 7) is 10.2. The molecule has 21 heavy (non-hydrogen) atoms. The molecule has 0 aromatic rings. The summed E-state index contributed by atoms with van der Waals surface area (Å²) in [6, 6.07) is -0.282. The molecule has 0 spiro atoms. The van der Waals surface area contributed by atoms with Crippen molar-refractivity contribution in [3.05, 3.63) is 0 Å². The summed E-state index contributed by atoms with van der Waals surface area (Å²) in [5, 5.41) is 10.9. The van der Waals surface area contributed by atoms with Crippen molar-refractivity contribution in [3.8, 4) is 0 Å². The van der Waals surface area contributed by atoms with Gasteiger partial charge in [-0.3, -0.25) is 19.3 Å². The van der Waals surface area contributed by atoms with Crippen molar-refractivity contribution < 1.29 is 19.5 Å². The van der Waals surface area contributed by atoms with Crippen LogP contribution in [-0.4, -0.2) is 52.3 Å². The van der Waals surface area contributed by atoms with E-state index in [0.29, 0.717) is 6.42 Å². The molecule has 1 amide bonds. The monoisotopic (exact) mass is 298 g/mol. The van der Waals surface area contributed by atoms with Crippen LogP contribution in [0.15, 0.2) is 0 Å². The van der Waals surface area contributed by atoms with Gasteiger partial charge in [0.25, 0.3) is 0 Å². The zero-order valence-electron chi connectivity index (χ0n) is 13.5. The largest absolute Gasteiger partial charge is 0.480 e. The van der Waals surface area contributed by atoms with E-state index in [1.54, 1.807) is 0 Å². The molecule has 0 aliphatic carbocycles. The van der Waals surface area contributed by atoms with Crippen LogP contribution in [0.2, 0.25) is 0 Å². The Hall–Kier alpha value is -1.43. The van der Waals surface area contributed by atoms with Gasteiger partial charge in [-0.15, -0.1) is 0 Å². The Bertz CT molecular complexity index is 437. The van der Waals surface area contributed by atoms with Crippen molar-refractivity contribution in [2.45, 2.75) is 59.0 Å². The number of Topliss-reactive ketones (excluding diaryl/α,β-unsaturated/α-hetero) is 1. The summed E-state index contributed by atoms with van der Waals surface area (Å²) in [6.07, 6.45) is 0.581. The van der Waals surface area contributed by atoms with E-state index in [0.717, 1.165) is 6.54 Å². The van der Waals surface area contributed by atoms with Gasteiger partial charge in [0.2, 0.25) is 5.91 Å². The third kappa shape index (κ3) is 5.12. The highest BCUT2D eigenvalue weighted by atomic mass is 16.4. The molecular formula is C15H26N2O4. The number of carbonyl (C=O) groups excluding carboxylic acids is 2. The summed E-state index contributed by atoms with van der Waals surface area (Å²) in [4.78, 5) is 36.7. The van der Waals surface area contributed by atoms with Crippen LogP contribution in [0.25, 0.3) is 0 Å². The molecule has 1 rings (SSSR count). The molecule has 0 radical (unpaired) electrons. The first-order valence-electron chi connectivity index (χ1n) is 7.25. The van der Waals surface area contributed by atoms with Crippen molar-refractivity contribution in [2.75, 3.05) is 13.1 Å². The van der Waals surface area contributed by atoms with Crippen molar-refractivity contribution >= 4 is 17.7 Å². The number of carbonyl (C=O) groups is 3. The molecule has 6 heteroatoms. The maximum Gasteiger partial charge on any atom is 0.322 e. The third-order valence-electron chi connectivity index (χ3n) is 3.73. The highest BCUT2D eigenvalue weighted by Crippen LogP contribution is 2.37. The van der Waals surface area contributed by atoms with Crippen LogP contribution in [0, 0.1) is 5.41 Å². The molecule has 0 aromatic heterocycles. The predicted octanol–water partition coefficient (Wildman–Crippen LogP) is 1.05. The van der Waals surface area contributed by atoms with Crippen molar-refractivity contribution in [1.82, 2.24) is 10.2 Å². The number of ketones is 1. The number of hydrogen-bond acceptors (Lipinski definition) is 4. The van der Waals surface area contributed by atoms with Gasteiger partial charge in [0.05, 0.1) is 6.04 Å². The summed E-state index contributed by atoms with van der Waals surface area (Å²) < 4.78 is 0. The lowest BCUT2D eigenvalue weighted by molar-refractivity contribution is -0.138. The molecular weight excluding hydrogens is 272 g/mol. The standard InChI is InChI=1S/C15H26N2O4/c1-14(2,3)13(21)10(17-9-15(17,4)5)6-7-11(18)16-8-12(19)20/h10H,6-9H2,1-5H3,(H,16,18)(H,19,20). The molecule has 2 atom stereocenters. The Morgan fingerprint density at radius 2 is 1.81 bits per heavy atom. The zero-order chi connectivity index (χ0) is 16.4. The van der Waals surface area contributed by atoms with Gasteiger partial charge in [0.1, 0.15) is 6.54 Å². The van der Waals surface area contributed by atoms with Gasteiger partial charge in [-0.2, -0.15) is 0 Å². The molecule has 120 valence electrons. The maximum absolute atomic E-state index is 12.5.